The van der Waals surface area contributed by atoms with E-state index in [4.69, 9.17) is 0 Å². The highest BCUT2D eigenvalue weighted by Crippen LogP contribution is 2.32. The van der Waals surface area contributed by atoms with Crippen LogP contribution in [-0.4, -0.2) is 30.6 Å². The van der Waals surface area contributed by atoms with Crippen molar-refractivity contribution in [1.29, 1.82) is 0 Å². The molecule has 0 heterocycles. The van der Waals surface area contributed by atoms with Gasteiger partial charge in [-0.15, -0.1) is 12.4 Å². The van der Waals surface area contributed by atoms with Crippen LogP contribution >= 0.6 is 12.4 Å². The molecule has 0 aliphatic heterocycles. The van der Waals surface area contributed by atoms with Gasteiger partial charge in [-0.25, -0.2) is 0 Å². The lowest BCUT2D eigenvalue weighted by atomic mass is 9.99. The predicted octanol–water partition coefficient (Wildman–Crippen LogP) is 6.34. The maximum Gasteiger partial charge on any atom is 0.0428 e. The molecular weight excluding hydrogens is 340 g/mol. The third-order valence-corrected chi connectivity index (χ3v) is 5.18. The summed E-state index contributed by atoms with van der Waals surface area (Å²) in [7, 11) is 0. The van der Waals surface area contributed by atoms with Crippen molar-refractivity contribution in [3.05, 3.63) is 54.6 Å². The molecule has 0 bridgehead atoms. The van der Waals surface area contributed by atoms with Crippen molar-refractivity contribution < 1.29 is 0 Å². The molecule has 1 N–H and O–H groups in total. The first-order valence-electron chi connectivity index (χ1n) is 9.62. The van der Waals surface area contributed by atoms with Gasteiger partial charge in [0, 0.05) is 17.1 Å². The summed E-state index contributed by atoms with van der Waals surface area (Å²) < 4.78 is 0. The van der Waals surface area contributed by atoms with Gasteiger partial charge in [-0.1, -0.05) is 62.4 Å². The molecule has 0 aromatic heterocycles. The second-order valence-electron chi connectivity index (χ2n) is 6.91. The Labute approximate surface area is 164 Å². The van der Waals surface area contributed by atoms with Crippen LogP contribution in [0.25, 0.3) is 21.5 Å². The normalized spacial score (nSPS) is 12.3. The number of nitrogens with zero attached hydrogens (tertiary/aromatic N) is 1. The topological polar surface area (TPSA) is 15.3 Å². The Morgan fingerprint density at radius 2 is 1.50 bits per heavy atom. The van der Waals surface area contributed by atoms with E-state index >= 15 is 0 Å². The van der Waals surface area contributed by atoms with Crippen molar-refractivity contribution in [2.45, 2.75) is 39.7 Å². The van der Waals surface area contributed by atoms with Crippen LogP contribution in [-0.2, 0) is 0 Å². The van der Waals surface area contributed by atoms with E-state index in [0.717, 1.165) is 13.1 Å². The molecule has 0 aliphatic carbocycles. The average molecular weight is 371 g/mol. The Hall–Kier alpha value is -1.77. The van der Waals surface area contributed by atoms with Crippen molar-refractivity contribution in [3.8, 4) is 0 Å². The molecule has 0 radical (unpaired) electrons. The van der Waals surface area contributed by atoms with Crippen LogP contribution in [0.2, 0.25) is 0 Å². The lowest BCUT2D eigenvalue weighted by molar-refractivity contribution is 0.295. The Balaban J connectivity index is 0.00000243. The molecule has 3 aromatic carbocycles. The maximum atomic E-state index is 3.77. The van der Waals surface area contributed by atoms with Crippen molar-refractivity contribution in [2.24, 2.45) is 0 Å². The van der Waals surface area contributed by atoms with Crippen LogP contribution < -0.4 is 5.32 Å². The molecule has 3 heteroatoms. The van der Waals surface area contributed by atoms with Crippen LogP contribution in [0.3, 0.4) is 0 Å². The summed E-state index contributed by atoms with van der Waals surface area (Å²) in [5, 5.41) is 9.05. The fourth-order valence-corrected chi connectivity index (χ4v) is 3.67. The average Bonchev–Trinajstić information content (AvgIpc) is 2.65. The summed E-state index contributed by atoms with van der Waals surface area (Å²) in [6.07, 6.45) is 2.43. The number of anilines is 1. The lowest BCUT2D eigenvalue weighted by Crippen LogP contribution is -2.25. The minimum atomic E-state index is 0. The smallest absolute Gasteiger partial charge is 0.0428 e. The van der Waals surface area contributed by atoms with E-state index in [1.165, 1.54) is 46.6 Å². The van der Waals surface area contributed by atoms with Gasteiger partial charge in [0.25, 0.3) is 0 Å². The monoisotopic (exact) mass is 370 g/mol. The molecule has 3 aromatic rings. The van der Waals surface area contributed by atoms with Gasteiger partial charge in [-0.05, 0) is 61.6 Å². The van der Waals surface area contributed by atoms with E-state index in [2.05, 4.69) is 85.6 Å². The minimum absolute atomic E-state index is 0. The minimum Gasteiger partial charge on any atom is -0.382 e. The first-order valence-corrected chi connectivity index (χ1v) is 9.62. The highest BCUT2D eigenvalue weighted by atomic mass is 35.5. The van der Waals surface area contributed by atoms with E-state index < -0.39 is 0 Å². The van der Waals surface area contributed by atoms with Crippen molar-refractivity contribution >= 4 is 39.6 Å². The Bertz CT molecular complexity index is 827. The highest BCUT2D eigenvalue weighted by molar-refractivity contribution is 6.12. The largest absolute Gasteiger partial charge is 0.382 e. The summed E-state index contributed by atoms with van der Waals surface area (Å²) in [6.45, 7) is 10.3. The van der Waals surface area contributed by atoms with Gasteiger partial charge in [0.2, 0.25) is 0 Å². The third kappa shape index (κ3) is 4.69. The number of nitrogens with one attached hydrogen (secondary N) is 1. The van der Waals surface area contributed by atoms with E-state index in [1.807, 2.05) is 0 Å². The summed E-state index contributed by atoms with van der Waals surface area (Å²) in [6, 6.07) is 20.2. The Morgan fingerprint density at radius 3 is 2.19 bits per heavy atom. The van der Waals surface area contributed by atoms with Crippen LogP contribution in [0.1, 0.15) is 33.6 Å². The summed E-state index contributed by atoms with van der Waals surface area (Å²) in [4.78, 5) is 2.50. The van der Waals surface area contributed by atoms with Gasteiger partial charge in [-0.3, -0.25) is 0 Å². The lowest BCUT2D eigenvalue weighted by Gasteiger charge is -2.21. The van der Waals surface area contributed by atoms with E-state index in [0.29, 0.717) is 6.04 Å². The quantitative estimate of drug-likeness (QED) is 0.465. The zero-order valence-electron chi connectivity index (χ0n) is 16.2. The van der Waals surface area contributed by atoms with Crippen LogP contribution in [0.4, 0.5) is 5.69 Å². The third-order valence-electron chi connectivity index (χ3n) is 5.18. The second kappa shape index (κ2) is 9.80. The maximum absolute atomic E-state index is 3.77. The molecular formula is C23H31ClN2. The van der Waals surface area contributed by atoms with Crippen molar-refractivity contribution in [2.75, 3.05) is 25.0 Å². The molecule has 1 atom stereocenters. The van der Waals surface area contributed by atoms with Crippen LogP contribution in [0, 0.1) is 0 Å². The first kappa shape index (κ1) is 20.5. The number of halogens is 1. The Kier molecular flexibility index (Phi) is 7.74. The van der Waals surface area contributed by atoms with Gasteiger partial charge < -0.3 is 10.2 Å². The summed E-state index contributed by atoms with van der Waals surface area (Å²) in [5.74, 6) is 0. The molecule has 1 unspecified atom stereocenters. The number of hydrogen-bond acceptors (Lipinski definition) is 2. The van der Waals surface area contributed by atoms with Gasteiger partial charge in [0.05, 0.1) is 0 Å². The molecule has 0 saturated carbocycles. The zero-order chi connectivity index (χ0) is 17.6. The zero-order valence-corrected chi connectivity index (χ0v) is 17.0. The van der Waals surface area contributed by atoms with Gasteiger partial charge in [-0.2, -0.15) is 0 Å². The summed E-state index contributed by atoms with van der Waals surface area (Å²) in [5.41, 5.74) is 1.25. The van der Waals surface area contributed by atoms with E-state index in [1.54, 1.807) is 0 Å². The molecule has 2 nitrogen and oxygen atoms in total. The van der Waals surface area contributed by atoms with Crippen molar-refractivity contribution in [3.63, 3.8) is 0 Å². The van der Waals surface area contributed by atoms with E-state index in [-0.39, 0.29) is 12.4 Å². The highest BCUT2D eigenvalue weighted by Gasteiger charge is 2.09. The number of hydrogen-bond donors (Lipinski definition) is 1. The molecule has 0 saturated heterocycles. The van der Waals surface area contributed by atoms with Gasteiger partial charge >= 0.3 is 0 Å². The number of rotatable bonds is 8. The SMILES string of the molecule is CCN(CC)CCCC(C)Nc1cc2ccccc2c2ccccc12.Cl. The van der Waals surface area contributed by atoms with Crippen molar-refractivity contribution in [1.82, 2.24) is 4.90 Å². The second-order valence-corrected chi connectivity index (χ2v) is 6.91. The van der Waals surface area contributed by atoms with Crippen LogP contribution in [0.5, 0.6) is 0 Å². The molecule has 0 fully saturated rings. The summed E-state index contributed by atoms with van der Waals surface area (Å²) >= 11 is 0. The molecule has 3 rings (SSSR count). The van der Waals surface area contributed by atoms with E-state index in [9.17, 15) is 0 Å². The predicted molar refractivity (Wildman–Crippen MR) is 119 cm³/mol. The number of fused-ring (bicyclic) bond motifs is 3. The van der Waals surface area contributed by atoms with Gasteiger partial charge in [0.15, 0.2) is 0 Å². The molecule has 140 valence electrons. The fraction of sp³-hybridized carbons (Fsp3) is 0.391. The number of benzene rings is 3. The fourth-order valence-electron chi connectivity index (χ4n) is 3.67. The van der Waals surface area contributed by atoms with Gasteiger partial charge in [0.1, 0.15) is 0 Å². The first-order chi connectivity index (χ1) is 12.2. The molecule has 0 amide bonds. The standard InChI is InChI=1S/C23H30N2.ClH/c1-4-25(5-2)16-10-11-18(3)24-23-17-19-12-6-7-13-20(19)21-14-8-9-15-22(21)23;/h6-9,12-15,17-18,24H,4-5,10-11,16H2,1-3H3;1H. The Morgan fingerprint density at radius 1 is 0.885 bits per heavy atom. The molecule has 26 heavy (non-hydrogen) atoms. The molecule has 0 aliphatic rings. The molecule has 0 spiro atoms. The van der Waals surface area contributed by atoms with Crippen LogP contribution in [0.15, 0.2) is 54.6 Å².